The first kappa shape index (κ1) is 26.3. The maximum Gasteiger partial charge on any atom is 0.389 e. The van der Waals surface area contributed by atoms with Gasteiger partial charge in [-0.15, -0.1) is 0 Å². The van der Waals surface area contributed by atoms with Gasteiger partial charge < -0.3 is 15.7 Å². The highest BCUT2D eigenvalue weighted by Gasteiger charge is 2.41. The zero-order valence-electron chi connectivity index (χ0n) is 19.6. The van der Waals surface area contributed by atoms with E-state index in [4.69, 9.17) is 0 Å². The quantitative estimate of drug-likeness (QED) is 0.424. The fraction of sp³-hybridized carbons (Fsp3) is 0.385. The van der Waals surface area contributed by atoms with E-state index >= 15 is 0 Å². The van der Waals surface area contributed by atoms with E-state index in [1.807, 2.05) is 0 Å². The minimum absolute atomic E-state index is 0.0312. The second-order valence-electron chi connectivity index (χ2n) is 9.29. The van der Waals surface area contributed by atoms with Crippen LogP contribution in [0.3, 0.4) is 0 Å². The molecular weight excluding hydrogens is 494 g/mol. The van der Waals surface area contributed by atoms with Crippen LogP contribution < -0.4 is 10.6 Å². The first-order valence-electron chi connectivity index (χ1n) is 11.9. The number of aliphatic carboxylic acids is 1. The number of carboxylic acid groups (broad SMARTS) is 1. The Morgan fingerprint density at radius 1 is 1.08 bits per heavy atom. The van der Waals surface area contributed by atoms with Crippen molar-refractivity contribution in [2.75, 3.05) is 5.32 Å². The summed E-state index contributed by atoms with van der Waals surface area (Å²) in [7, 11) is 0. The van der Waals surface area contributed by atoms with Crippen LogP contribution in [0.5, 0.6) is 0 Å². The van der Waals surface area contributed by atoms with Crippen LogP contribution in [-0.2, 0) is 14.4 Å². The molecule has 1 aliphatic carbocycles. The number of aliphatic imine (C=N–C) groups is 1. The Labute approximate surface area is 210 Å². The average molecular weight is 519 g/mol. The molecule has 7 nitrogen and oxygen atoms in total. The van der Waals surface area contributed by atoms with Gasteiger partial charge in [0.2, 0.25) is 12.1 Å². The van der Waals surface area contributed by atoms with Crippen molar-refractivity contribution in [3.8, 4) is 0 Å². The third-order valence-corrected chi connectivity index (χ3v) is 6.51. The molecule has 0 radical (unpaired) electrons. The number of carbonyl (C=O) groups is 3. The zero-order valence-corrected chi connectivity index (χ0v) is 19.6. The number of rotatable bonds is 9. The second kappa shape index (κ2) is 10.7. The van der Waals surface area contributed by atoms with Crippen molar-refractivity contribution in [2.24, 2.45) is 22.7 Å². The van der Waals surface area contributed by atoms with Crippen LogP contribution in [0, 0.1) is 23.6 Å². The van der Waals surface area contributed by atoms with Crippen molar-refractivity contribution in [1.29, 1.82) is 0 Å². The van der Waals surface area contributed by atoms with Gasteiger partial charge in [0.15, 0.2) is 0 Å². The predicted molar refractivity (Wildman–Crippen MR) is 126 cm³/mol. The normalized spacial score (nSPS) is 19.1. The lowest BCUT2D eigenvalue weighted by Crippen LogP contribution is -2.47. The summed E-state index contributed by atoms with van der Waals surface area (Å²) in [6.45, 7) is 0. The van der Waals surface area contributed by atoms with Crippen molar-refractivity contribution < 1.29 is 37.1 Å². The molecule has 0 aromatic heterocycles. The van der Waals surface area contributed by atoms with Gasteiger partial charge >= 0.3 is 12.1 Å². The van der Waals surface area contributed by atoms with Gasteiger partial charge in [0.25, 0.3) is 5.91 Å². The molecule has 2 amide bonds. The Balaban J connectivity index is 1.67. The first-order valence-corrected chi connectivity index (χ1v) is 11.9. The Kier molecular flexibility index (Phi) is 7.60. The molecule has 2 aliphatic rings. The number of hydrogen-bond donors (Lipinski definition) is 3. The van der Waals surface area contributed by atoms with Crippen LogP contribution in [0.15, 0.2) is 53.5 Å². The highest BCUT2D eigenvalue weighted by atomic mass is 19.4. The molecule has 2 aromatic carbocycles. The molecule has 1 heterocycles. The molecule has 4 rings (SSSR count). The number of carbonyl (C=O) groups excluding carboxylic acids is 2. The molecule has 0 unspecified atom stereocenters. The van der Waals surface area contributed by atoms with Gasteiger partial charge in [0, 0.05) is 17.5 Å². The lowest BCUT2D eigenvalue weighted by Gasteiger charge is -2.25. The topological polar surface area (TPSA) is 108 Å². The van der Waals surface area contributed by atoms with E-state index in [1.54, 1.807) is 30.3 Å². The minimum Gasteiger partial charge on any atom is -0.481 e. The van der Waals surface area contributed by atoms with E-state index < -0.39 is 60.6 Å². The third-order valence-electron chi connectivity index (χ3n) is 6.51. The highest BCUT2D eigenvalue weighted by molar-refractivity contribution is 6.19. The van der Waals surface area contributed by atoms with E-state index in [9.17, 15) is 37.1 Å². The summed E-state index contributed by atoms with van der Waals surface area (Å²) >= 11 is 0. The number of halogens is 4. The monoisotopic (exact) mass is 519 g/mol. The van der Waals surface area contributed by atoms with Gasteiger partial charge in [-0.2, -0.15) is 13.2 Å². The summed E-state index contributed by atoms with van der Waals surface area (Å²) in [6, 6.07) is 12.6. The fourth-order valence-corrected chi connectivity index (χ4v) is 4.45. The molecule has 3 atom stereocenters. The van der Waals surface area contributed by atoms with E-state index in [1.165, 1.54) is 12.1 Å². The molecule has 1 aliphatic heterocycles. The number of nitrogens with zero attached hydrogens (tertiary/aromatic N) is 1. The lowest BCUT2D eigenvalue weighted by molar-refractivity contribution is -0.154. The van der Waals surface area contributed by atoms with Gasteiger partial charge in [-0.25, -0.2) is 9.38 Å². The second-order valence-corrected chi connectivity index (χ2v) is 9.29. The molecule has 0 bridgehead atoms. The molecule has 1 fully saturated rings. The Morgan fingerprint density at radius 2 is 1.78 bits per heavy atom. The minimum atomic E-state index is -4.60. The van der Waals surface area contributed by atoms with E-state index in [2.05, 4.69) is 15.6 Å². The van der Waals surface area contributed by atoms with Crippen LogP contribution in [0.1, 0.15) is 43.2 Å². The number of benzodiazepines with no additional fused rings is 1. The van der Waals surface area contributed by atoms with Gasteiger partial charge in [-0.05, 0) is 24.8 Å². The molecule has 2 aromatic rings. The zero-order chi connectivity index (χ0) is 26.7. The third kappa shape index (κ3) is 6.52. The number of anilines is 1. The van der Waals surface area contributed by atoms with Crippen LogP contribution in [0.4, 0.5) is 23.2 Å². The predicted octanol–water partition coefficient (Wildman–Crippen LogP) is 4.52. The smallest absolute Gasteiger partial charge is 0.389 e. The van der Waals surface area contributed by atoms with Crippen LogP contribution in [0.2, 0.25) is 0 Å². The van der Waals surface area contributed by atoms with Crippen LogP contribution in [0.25, 0.3) is 0 Å². The van der Waals surface area contributed by atoms with E-state index in [-0.39, 0.29) is 29.3 Å². The Bertz CT molecular complexity index is 1210. The van der Waals surface area contributed by atoms with Gasteiger partial charge in [0.1, 0.15) is 5.82 Å². The van der Waals surface area contributed by atoms with E-state index in [0.29, 0.717) is 5.56 Å². The number of alkyl halides is 3. The standard InChI is InChI=1S/C26H25F4N3O4/c27-19-8-4-7-17-20(15-5-2-1-3-6-15)31-22(24(35)32-21(17)19)33-23(34)16(11-12-26(28,29)30)18(25(36)37)13-14-9-10-14/h1-8,14,16,18,22H,9-13H2,(H,32,35)(H,33,34)(H,36,37)/t16-,18+,22+/m1/s1. The van der Waals surface area contributed by atoms with Gasteiger partial charge in [0.05, 0.1) is 23.2 Å². The number of para-hydroxylation sites is 1. The molecule has 3 N–H and O–H groups in total. The number of hydrogen-bond acceptors (Lipinski definition) is 4. The van der Waals surface area contributed by atoms with Crippen LogP contribution >= 0.6 is 0 Å². The average Bonchev–Trinajstić information content (AvgIpc) is 3.67. The summed E-state index contributed by atoms with van der Waals surface area (Å²) in [5, 5.41) is 14.5. The summed E-state index contributed by atoms with van der Waals surface area (Å²) < 4.78 is 53.7. The first-order chi connectivity index (χ1) is 17.5. The van der Waals surface area contributed by atoms with Crippen molar-refractivity contribution in [1.82, 2.24) is 5.32 Å². The van der Waals surface area contributed by atoms with E-state index in [0.717, 1.165) is 18.9 Å². The molecule has 1 saturated carbocycles. The largest absolute Gasteiger partial charge is 0.481 e. The molecule has 37 heavy (non-hydrogen) atoms. The highest BCUT2D eigenvalue weighted by Crippen LogP contribution is 2.39. The molecule has 196 valence electrons. The SMILES string of the molecule is O=C(O)[C@@H](CC1CC1)[C@@H](CCC(F)(F)F)C(=O)N[C@@H]1N=C(c2ccccc2)c2cccc(F)c2NC1=O. The number of benzene rings is 2. The molecule has 11 heteroatoms. The van der Waals surface area contributed by atoms with Crippen LogP contribution in [-0.4, -0.2) is 40.9 Å². The number of amides is 2. The lowest BCUT2D eigenvalue weighted by atomic mass is 9.83. The van der Waals surface area contributed by atoms with Crippen molar-refractivity contribution >= 4 is 29.2 Å². The fourth-order valence-electron chi connectivity index (χ4n) is 4.45. The molecular formula is C26H25F4N3O4. The molecule has 0 saturated heterocycles. The Hall–Kier alpha value is -3.76. The summed E-state index contributed by atoms with van der Waals surface area (Å²) in [5.41, 5.74) is 0.786. The van der Waals surface area contributed by atoms with Crippen molar-refractivity contribution in [3.63, 3.8) is 0 Å². The van der Waals surface area contributed by atoms with Gasteiger partial charge in [-0.3, -0.25) is 14.4 Å². The molecule has 0 spiro atoms. The van der Waals surface area contributed by atoms with Gasteiger partial charge in [-0.1, -0.05) is 55.3 Å². The maximum absolute atomic E-state index is 14.6. The maximum atomic E-state index is 14.6. The van der Waals surface area contributed by atoms with Crippen molar-refractivity contribution in [2.45, 2.75) is 44.4 Å². The summed E-state index contributed by atoms with van der Waals surface area (Å²) in [5.74, 6) is -6.90. The number of nitrogens with one attached hydrogen (secondary N) is 2. The Morgan fingerprint density at radius 3 is 2.41 bits per heavy atom. The summed E-state index contributed by atoms with van der Waals surface area (Å²) in [6.07, 6.45) is -6.77. The number of fused-ring (bicyclic) bond motifs is 1. The van der Waals surface area contributed by atoms with Crippen molar-refractivity contribution in [3.05, 3.63) is 65.5 Å². The number of carboxylic acids is 1. The summed E-state index contributed by atoms with van der Waals surface area (Å²) in [4.78, 5) is 42.5.